The number of hydrogen-bond donors (Lipinski definition) is 1. The van der Waals surface area contributed by atoms with Crippen LogP contribution in [0.3, 0.4) is 0 Å². The van der Waals surface area contributed by atoms with Gasteiger partial charge in [0.05, 0.1) is 13.2 Å². The van der Waals surface area contributed by atoms with Crippen LogP contribution in [0.5, 0.6) is 0 Å². The largest absolute Gasteiger partial charge is 0.383 e. The van der Waals surface area contributed by atoms with Crippen molar-refractivity contribution in [2.45, 2.75) is 6.54 Å². The SMILES string of the molecule is N#Cc1c(-c2cccc(Cl)c2)nn(CC(=O)N2CCOCC2)c1N. The first kappa shape index (κ1) is 16.3. The number of aromatic nitrogens is 2. The molecule has 0 saturated carbocycles. The highest BCUT2D eigenvalue weighted by molar-refractivity contribution is 6.30. The minimum Gasteiger partial charge on any atom is -0.383 e. The van der Waals surface area contributed by atoms with E-state index < -0.39 is 0 Å². The summed E-state index contributed by atoms with van der Waals surface area (Å²) in [6, 6.07) is 9.07. The Bertz CT molecular complexity index is 805. The number of amides is 1. The summed E-state index contributed by atoms with van der Waals surface area (Å²) >= 11 is 6.00. The number of carbonyl (C=O) groups excluding carboxylic acids is 1. The predicted molar refractivity (Wildman–Crippen MR) is 89.2 cm³/mol. The van der Waals surface area contributed by atoms with E-state index in [1.807, 2.05) is 0 Å². The molecule has 2 aromatic rings. The molecule has 1 aromatic carbocycles. The number of nitrogens with two attached hydrogens (primary N) is 1. The van der Waals surface area contributed by atoms with Crippen LogP contribution in [0.25, 0.3) is 11.3 Å². The van der Waals surface area contributed by atoms with Crippen LogP contribution in [0.4, 0.5) is 5.82 Å². The molecule has 3 rings (SSSR count). The van der Waals surface area contributed by atoms with Crippen LogP contribution in [0.1, 0.15) is 5.56 Å². The van der Waals surface area contributed by atoms with E-state index in [-0.39, 0.29) is 23.8 Å². The number of ether oxygens (including phenoxy) is 1. The third kappa shape index (κ3) is 3.20. The topological polar surface area (TPSA) is 97.2 Å². The number of benzene rings is 1. The summed E-state index contributed by atoms with van der Waals surface area (Å²) in [7, 11) is 0. The summed E-state index contributed by atoms with van der Waals surface area (Å²) in [6.07, 6.45) is 0. The Kier molecular flexibility index (Phi) is 4.69. The molecule has 124 valence electrons. The predicted octanol–water partition coefficient (Wildman–Crippen LogP) is 1.52. The van der Waals surface area contributed by atoms with Gasteiger partial charge in [0.25, 0.3) is 0 Å². The summed E-state index contributed by atoms with van der Waals surface area (Å²) in [5.74, 6) is 0.0729. The van der Waals surface area contributed by atoms with Gasteiger partial charge < -0.3 is 15.4 Å². The monoisotopic (exact) mass is 345 g/mol. The smallest absolute Gasteiger partial charge is 0.244 e. The summed E-state index contributed by atoms with van der Waals surface area (Å²) in [5.41, 5.74) is 7.37. The van der Waals surface area contributed by atoms with Crippen molar-refractivity contribution in [3.8, 4) is 17.3 Å². The molecule has 1 amide bonds. The van der Waals surface area contributed by atoms with E-state index in [2.05, 4.69) is 11.2 Å². The molecule has 1 fully saturated rings. The lowest BCUT2D eigenvalue weighted by Gasteiger charge is -2.26. The average molecular weight is 346 g/mol. The second kappa shape index (κ2) is 6.91. The maximum atomic E-state index is 12.4. The van der Waals surface area contributed by atoms with Gasteiger partial charge in [0.15, 0.2) is 0 Å². The summed E-state index contributed by atoms with van der Waals surface area (Å²) in [5, 5.41) is 14.3. The number of morpholine rings is 1. The fourth-order valence-corrected chi connectivity index (χ4v) is 2.77. The Labute approximate surface area is 144 Å². The molecule has 2 heterocycles. The Hall–Kier alpha value is -2.56. The molecule has 8 heteroatoms. The molecule has 1 aliphatic rings. The molecule has 0 spiro atoms. The van der Waals surface area contributed by atoms with Crippen molar-refractivity contribution in [1.29, 1.82) is 5.26 Å². The zero-order chi connectivity index (χ0) is 17.1. The first-order chi connectivity index (χ1) is 11.6. The maximum absolute atomic E-state index is 12.4. The van der Waals surface area contributed by atoms with Crippen LogP contribution in [-0.2, 0) is 16.1 Å². The van der Waals surface area contributed by atoms with Crippen molar-refractivity contribution in [1.82, 2.24) is 14.7 Å². The van der Waals surface area contributed by atoms with Gasteiger partial charge in [-0.2, -0.15) is 10.4 Å². The summed E-state index contributed by atoms with van der Waals surface area (Å²) in [4.78, 5) is 14.1. The molecule has 2 N–H and O–H groups in total. The molecular formula is C16H16ClN5O2. The zero-order valence-electron chi connectivity index (χ0n) is 12.9. The van der Waals surface area contributed by atoms with E-state index in [1.54, 1.807) is 29.2 Å². The Morgan fingerprint density at radius 3 is 2.83 bits per heavy atom. The number of nitrogens with zero attached hydrogens (tertiary/aromatic N) is 4. The number of nitrogen functional groups attached to an aromatic ring is 1. The fraction of sp³-hybridized carbons (Fsp3) is 0.312. The van der Waals surface area contributed by atoms with E-state index in [1.165, 1.54) is 4.68 Å². The third-order valence-corrected chi connectivity index (χ3v) is 4.09. The van der Waals surface area contributed by atoms with E-state index in [0.717, 1.165) is 0 Å². The Morgan fingerprint density at radius 1 is 1.42 bits per heavy atom. The van der Waals surface area contributed by atoms with Gasteiger partial charge >= 0.3 is 0 Å². The number of carbonyl (C=O) groups is 1. The maximum Gasteiger partial charge on any atom is 0.244 e. The first-order valence-corrected chi connectivity index (χ1v) is 7.86. The molecule has 24 heavy (non-hydrogen) atoms. The molecule has 0 radical (unpaired) electrons. The highest BCUT2D eigenvalue weighted by atomic mass is 35.5. The van der Waals surface area contributed by atoms with Gasteiger partial charge in [0, 0.05) is 23.7 Å². The van der Waals surface area contributed by atoms with E-state index in [4.69, 9.17) is 22.1 Å². The second-order valence-corrected chi connectivity index (χ2v) is 5.82. The van der Waals surface area contributed by atoms with Crippen LogP contribution < -0.4 is 5.73 Å². The summed E-state index contributed by atoms with van der Waals surface area (Å²) in [6.45, 7) is 2.13. The summed E-state index contributed by atoms with van der Waals surface area (Å²) < 4.78 is 6.60. The molecule has 7 nitrogen and oxygen atoms in total. The molecular weight excluding hydrogens is 330 g/mol. The Balaban J connectivity index is 1.89. The number of nitriles is 1. The van der Waals surface area contributed by atoms with E-state index >= 15 is 0 Å². The van der Waals surface area contributed by atoms with Crippen LogP contribution in [0, 0.1) is 11.3 Å². The second-order valence-electron chi connectivity index (χ2n) is 5.38. The van der Waals surface area contributed by atoms with Crippen LogP contribution in [0.15, 0.2) is 24.3 Å². The van der Waals surface area contributed by atoms with Gasteiger partial charge in [0.1, 0.15) is 29.7 Å². The molecule has 1 aromatic heterocycles. The number of halogens is 1. The van der Waals surface area contributed by atoms with Crippen LogP contribution in [0.2, 0.25) is 5.02 Å². The third-order valence-electron chi connectivity index (χ3n) is 3.85. The van der Waals surface area contributed by atoms with Gasteiger partial charge in [-0.1, -0.05) is 23.7 Å². The number of rotatable bonds is 3. The zero-order valence-corrected chi connectivity index (χ0v) is 13.7. The van der Waals surface area contributed by atoms with Gasteiger partial charge in [0.2, 0.25) is 5.91 Å². The lowest BCUT2D eigenvalue weighted by atomic mass is 10.1. The van der Waals surface area contributed by atoms with Crippen molar-refractivity contribution in [2.24, 2.45) is 0 Å². The first-order valence-electron chi connectivity index (χ1n) is 7.48. The lowest BCUT2D eigenvalue weighted by Crippen LogP contribution is -2.42. The van der Waals surface area contributed by atoms with Crippen molar-refractivity contribution in [3.63, 3.8) is 0 Å². The van der Waals surface area contributed by atoms with Gasteiger partial charge in [-0.15, -0.1) is 0 Å². The number of anilines is 1. The highest BCUT2D eigenvalue weighted by Gasteiger charge is 2.22. The molecule has 0 aliphatic carbocycles. The quantitative estimate of drug-likeness (QED) is 0.909. The van der Waals surface area contributed by atoms with Crippen molar-refractivity contribution < 1.29 is 9.53 Å². The molecule has 0 bridgehead atoms. The molecule has 1 saturated heterocycles. The fourth-order valence-electron chi connectivity index (χ4n) is 2.58. The van der Waals surface area contributed by atoms with Crippen molar-refractivity contribution in [3.05, 3.63) is 34.9 Å². The molecule has 0 atom stereocenters. The van der Waals surface area contributed by atoms with Gasteiger partial charge in [-0.05, 0) is 12.1 Å². The standard InChI is InChI=1S/C16H16ClN5O2/c17-12-3-1-2-11(8-12)15-13(9-18)16(19)22(20-15)10-14(23)21-4-6-24-7-5-21/h1-3,8H,4-7,10,19H2. The van der Waals surface area contributed by atoms with Crippen LogP contribution in [-0.4, -0.2) is 46.9 Å². The molecule has 1 aliphatic heterocycles. The Morgan fingerprint density at radius 2 is 2.17 bits per heavy atom. The normalized spacial score (nSPS) is 14.4. The lowest BCUT2D eigenvalue weighted by molar-refractivity contribution is -0.136. The van der Waals surface area contributed by atoms with E-state index in [9.17, 15) is 10.1 Å². The van der Waals surface area contributed by atoms with Gasteiger partial charge in [-0.3, -0.25) is 4.79 Å². The van der Waals surface area contributed by atoms with Gasteiger partial charge in [-0.25, -0.2) is 4.68 Å². The highest BCUT2D eigenvalue weighted by Crippen LogP contribution is 2.28. The number of hydrogen-bond acceptors (Lipinski definition) is 5. The molecule has 0 unspecified atom stereocenters. The van der Waals surface area contributed by atoms with E-state index in [0.29, 0.717) is 42.6 Å². The van der Waals surface area contributed by atoms with Crippen molar-refractivity contribution >= 4 is 23.3 Å². The van der Waals surface area contributed by atoms with Crippen molar-refractivity contribution in [2.75, 3.05) is 32.0 Å². The average Bonchev–Trinajstić information content (AvgIpc) is 2.91. The minimum absolute atomic E-state index is 0.0128. The van der Waals surface area contributed by atoms with Crippen LogP contribution >= 0.6 is 11.6 Å². The minimum atomic E-state index is -0.102.